The maximum atomic E-state index is 12.0. The molecule has 0 saturated heterocycles. The first-order valence-electron chi connectivity index (χ1n) is 8.25. The Hall–Kier alpha value is -2.67. The molecule has 0 fully saturated rings. The summed E-state index contributed by atoms with van der Waals surface area (Å²) in [5, 5.41) is 9.12. The summed E-state index contributed by atoms with van der Waals surface area (Å²) < 4.78 is 4.91. The molecule has 0 spiro atoms. The summed E-state index contributed by atoms with van der Waals surface area (Å²) in [7, 11) is 0. The van der Waals surface area contributed by atoms with Crippen molar-refractivity contribution in [2.24, 2.45) is 0 Å². The predicted molar refractivity (Wildman–Crippen MR) is 101 cm³/mol. The Labute approximate surface area is 156 Å². The molecule has 0 bridgehead atoms. The average molecular weight is 374 g/mol. The third-order valence-electron chi connectivity index (χ3n) is 3.75. The fourth-order valence-electron chi connectivity index (χ4n) is 2.32. The van der Waals surface area contributed by atoms with E-state index < -0.39 is 11.9 Å². The van der Waals surface area contributed by atoms with E-state index in [0.29, 0.717) is 6.42 Å². The molecule has 0 unspecified atom stereocenters. The zero-order valence-corrected chi connectivity index (χ0v) is 15.7. The monoisotopic (exact) mass is 374 g/mol. The Kier molecular flexibility index (Phi) is 7.35. The molecular formula is C19H22N2O4S. The molecule has 1 aromatic carbocycles. The SMILES string of the molecule is Cc1cccc(C)c1NC(=O)CNC(=O)COC(=O)CCc1ccsc1. The Bertz CT molecular complexity index is 752. The molecule has 0 radical (unpaired) electrons. The molecule has 26 heavy (non-hydrogen) atoms. The van der Waals surface area contributed by atoms with E-state index >= 15 is 0 Å². The van der Waals surface area contributed by atoms with Gasteiger partial charge in [-0.05, 0) is 53.8 Å². The third-order valence-corrected chi connectivity index (χ3v) is 4.49. The van der Waals surface area contributed by atoms with Gasteiger partial charge in [-0.1, -0.05) is 18.2 Å². The number of para-hydroxylation sites is 1. The van der Waals surface area contributed by atoms with E-state index in [2.05, 4.69) is 10.6 Å². The Morgan fingerprint density at radius 3 is 2.46 bits per heavy atom. The highest BCUT2D eigenvalue weighted by Gasteiger charge is 2.11. The quantitative estimate of drug-likeness (QED) is 0.696. The van der Waals surface area contributed by atoms with Crippen LogP contribution in [0.5, 0.6) is 0 Å². The summed E-state index contributed by atoms with van der Waals surface area (Å²) in [5.41, 5.74) is 3.71. The van der Waals surface area contributed by atoms with Crippen molar-refractivity contribution in [3.63, 3.8) is 0 Å². The first kappa shape index (κ1) is 19.7. The number of benzene rings is 1. The summed E-state index contributed by atoms with van der Waals surface area (Å²) in [6, 6.07) is 7.65. The van der Waals surface area contributed by atoms with Crippen LogP contribution in [-0.2, 0) is 25.5 Å². The molecule has 2 rings (SSSR count). The molecule has 1 heterocycles. The van der Waals surface area contributed by atoms with E-state index in [1.165, 1.54) is 0 Å². The molecule has 0 atom stereocenters. The van der Waals surface area contributed by atoms with E-state index in [1.807, 2.05) is 48.9 Å². The second kappa shape index (κ2) is 9.72. The van der Waals surface area contributed by atoms with Gasteiger partial charge in [0.1, 0.15) is 0 Å². The second-order valence-corrected chi connectivity index (χ2v) is 6.66. The lowest BCUT2D eigenvalue weighted by atomic mass is 10.1. The van der Waals surface area contributed by atoms with Gasteiger partial charge in [0, 0.05) is 12.1 Å². The van der Waals surface area contributed by atoms with Crippen LogP contribution in [0.4, 0.5) is 5.69 Å². The van der Waals surface area contributed by atoms with Gasteiger partial charge >= 0.3 is 5.97 Å². The van der Waals surface area contributed by atoms with Gasteiger partial charge in [0.15, 0.2) is 6.61 Å². The number of hydrogen-bond acceptors (Lipinski definition) is 5. The van der Waals surface area contributed by atoms with E-state index in [4.69, 9.17) is 4.74 Å². The fraction of sp³-hybridized carbons (Fsp3) is 0.316. The number of nitrogens with one attached hydrogen (secondary N) is 2. The summed E-state index contributed by atoms with van der Waals surface area (Å²) >= 11 is 1.57. The molecule has 0 aliphatic rings. The van der Waals surface area contributed by atoms with Crippen LogP contribution in [0, 0.1) is 13.8 Å². The van der Waals surface area contributed by atoms with Gasteiger partial charge in [-0.2, -0.15) is 11.3 Å². The number of aryl methyl sites for hydroxylation is 3. The molecule has 0 aliphatic heterocycles. The Morgan fingerprint density at radius 1 is 1.08 bits per heavy atom. The van der Waals surface area contributed by atoms with Crippen LogP contribution in [0.3, 0.4) is 0 Å². The molecule has 6 nitrogen and oxygen atoms in total. The van der Waals surface area contributed by atoms with Crippen LogP contribution in [0.25, 0.3) is 0 Å². The molecule has 2 N–H and O–H groups in total. The van der Waals surface area contributed by atoms with Crippen molar-refractivity contribution in [2.75, 3.05) is 18.5 Å². The van der Waals surface area contributed by atoms with Crippen LogP contribution in [0.2, 0.25) is 0 Å². The van der Waals surface area contributed by atoms with Crippen molar-refractivity contribution in [2.45, 2.75) is 26.7 Å². The number of rotatable bonds is 8. The lowest BCUT2D eigenvalue weighted by Crippen LogP contribution is -2.35. The van der Waals surface area contributed by atoms with Crippen LogP contribution in [0.1, 0.15) is 23.1 Å². The van der Waals surface area contributed by atoms with Crippen molar-refractivity contribution in [1.82, 2.24) is 5.32 Å². The first-order chi connectivity index (χ1) is 12.5. The minimum atomic E-state index is -0.509. The summed E-state index contributed by atoms with van der Waals surface area (Å²) in [6.07, 6.45) is 0.805. The van der Waals surface area contributed by atoms with Crippen molar-refractivity contribution >= 4 is 34.8 Å². The summed E-state index contributed by atoms with van der Waals surface area (Å²) in [5.74, 6) is -1.28. The normalized spacial score (nSPS) is 10.2. The Balaban J connectivity index is 1.66. The number of hydrogen-bond donors (Lipinski definition) is 2. The van der Waals surface area contributed by atoms with Gasteiger partial charge in [0.05, 0.1) is 6.54 Å². The summed E-state index contributed by atoms with van der Waals surface area (Å²) in [4.78, 5) is 35.3. The van der Waals surface area contributed by atoms with Crippen molar-refractivity contribution in [1.29, 1.82) is 0 Å². The van der Waals surface area contributed by atoms with Crippen LogP contribution in [-0.4, -0.2) is 30.9 Å². The highest BCUT2D eigenvalue weighted by Crippen LogP contribution is 2.18. The lowest BCUT2D eigenvalue weighted by molar-refractivity contribution is -0.148. The number of ether oxygens (including phenoxy) is 1. The van der Waals surface area contributed by atoms with E-state index in [0.717, 1.165) is 22.4 Å². The van der Waals surface area contributed by atoms with Crippen LogP contribution >= 0.6 is 11.3 Å². The number of thiophene rings is 1. The molecule has 138 valence electrons. The molecule has 1 aromatic heterocycles. The van der Waals surface area contributed by atoms with Gasteiger partial charge in [0.25, 0.3) is 5.91 Å². The molecule has 0 aliphatic carbocycles. The number of esters is 1. The van der Waals surface area contributed by atoms with Gasteiger partial charge in [-0.25, -0.2) is 0 Å². The predicted octanol–water partition coefficient (Wildman–Crippen LogP) is 2.60. The molecule has 7 heteroatoms. The number of amides is 2. The fourth-order valence-corrected chi connectivity index (χ4v) is 3.03. The lowest BCUT2D eigenvalue weighted by Gasteiger charge is -2.12. The zero-order valence-electron chi connectivity index (χ0n) is 14.8. The third kappa shape index (κ3) is 6.33. The van der Waals surface area contributed by atoms with Gasteiger partial charge in [0.2, 0.25) is 5.91 Å². The minimum Gasteiger partial charge on any atom is -0.456 e. The molecule has 2 amide bonds. The van der Waals surface area contributed by atoms with Crippen molar-refractivity contribution in [3.05, 3.63) is 51.7 Å². The summed E-state index contributed by atoms with van der Waals surface area (Å²) in [6.45, 7) is 3.23. The van der Waals surface area contributed by atoms with Gasteiger partial charge < -0.3 is 15.4 Å². The minimum absolute atomic E-state index is 0.181. The molecule has 2 aromatic rings. The maximum Gasteiger partial charge on any atom is 0.306 e. The molecule has 0 saturated carbocycles. The van der Waals surface area contributed by atoms with Crippen molar-refractivity contribution in [3.8, 4) is 0 Å². The zero-order chi connectivity index (χ0) is 18.9. The van der Waals surface area contributed by atoms with E-state index in [9.17, 15) is 14.4 Å². The smallest absolute Gasteiger partial charge is 0.306 e. The number of anilines is 1. The van der Waals surface area contributed by atoms with Crippen molar-refractivity contribution < 1.29 is 19.1 Å². The Morgan fingerprint density at radius 2 is 1.81 bits per heavy atom. The average Bonchev–Trinajstić information content (AvgIpc) is 3.13. The van der Waals surface area contributed by atoms with Crippen LogP contribution in [0.15, 0.2) is 35.0 Å². The maximum absolute atomic E-state index is 12.0. The van der Waals surface area contributed by atoms with E-state index in [1.54, 1.807) is 11.3 Å². The standard InChI is InChI=1S/C19H22N2O4S/c1-13-4-3-5-14(2)19(13)21-16(22)10-20-17(23)11-25-18(24)7-6-15-8-9-26-12-15/h3-5,8-9,12H,6-7,10-11H2,1-2H3,(H,20,23)(H,21,22). The highest BCUT2D eigenvalue weighted by atomic mass is 32.1. The highest BCUT2D eigenvalue weighted by molar-refractivity contribution is 7.07. The largest absolute Gasteiger partial charge is 0.456 e. The number of carbonyl (C=O) groups is 3. The van der Waals surface area contributed by atoms with Crippen LogP contribution < -0.4 is 10.6 Å². The van der Waals surface area contributed by atoms with Gasteiger partial charge in [-0.15, -0.1) is 0 Å². The topological polar surface area (TPSA) is 84.5 Å². The number of carbonyl (C=O) groups excluding carboxylic acids is 3. The molecular weight excluding hydrogens is 352 g/mol. The first-order valence-corrected chi connectivity index (χ1v) is 9.19. The second-order valence-electron chi connectivity index (χ2n) is 5.88. The van der Waals surface area contributed by atoms with E-state index in [-0.39, 0.29) is 25.5 Å². The van der Waals surface area contributed by atoms with Gasteiger partial charge in [-0.3, -0.25) is 14.4 Å².